The monoisotopic (exact) mass is 286 g/mol. The first-order valence-corrected chi connectivity index (χ1v) is 6.78. The number of carbonyl (C=O) groups excluding carboxylic acids is 1. The van der Waals surface area contributed by atoms with Crippen molar-refractivity contribution in [3.05, 3.63) is 36.8 Å². The Morgan fingerprint density at radius 2 is 1.95 bits per heavy atom. The highest BCUT2D eigenvalue weighted by Gasteiger charge is 2.00. The molecule has 0 fully saturated rings. The Hall–Kier alpha value is -2.70. The van der Waals surface area contributed by atoms with Crippen LogP contribution in [0.4, 0.5) is 17.5 Å². The lowest BCUT2D eigenvalue weighted by molar-refractivity contribution is -0.120. The van der Waals surface area contributed by atoms with Crippen molar-refractivity contribution in [1.82, 2.24) is 20.3 Å². The van der Waals surface area contributed by atoms with Crippen LogP contribution in [0.5, 0.6) is 0 Å². The van der Waals surface area contributed by atoms with Gasteiger partial charge >= 0.3 is 0 Å². The van der Waals surface area contributed by atoms with E-state index in [1.807, 2.05) is 25.1 Å². The lowest BCUT2D eigenvalue weighted by Gasteiger charge is -2.08. The van der Waals surface area contributed by atoms with E-state index >= 15 is 0 Å². The van der Waals surface area contributed by atoms with Gasteiger partial charge in [0.05, 0.1) is 0 Å². The molecule has 21 heavy (non-hydrogen) atoms. The molecule has 7 heteroatoms. The van der Waals surface area contributed by atoms with Crippen molar-refractivity contribution in [3.63, 3.8) is 0 Å². The molecule has 110 valence electrons. The van der Waals surface area contributed by atoms with E-state index in [9.17, 15) is 4.79 Å². The van der Waals surface area contributed by atoms with Crippen LogP contribution in [0.15, 0.2) is 36.8 Å². The van der Waals surface area contributed by atoms with Crippen LogP contribution in [0.1, 0.15) is 13.3 Å². The molecular formula is C14H18N6O. The average Bonchev–Trinajstić information content (AvgIpc) is 2.52. The highest BCUT2D eigenvalue weighted by molar-refractivity contribution is 5.75. The minimum absolute atomic E-state index is 0.0389. The molecule has 0 aliphatic heterocycles. The standard InChI is InChI=1S/C14H18N6O/c1-2-14(21)17-8-7-16-12-9-13(19-10-18-12)20-11-5-3-4-6-15-11/h3-6,9-10H,2,7-8H2,1H3,(H,17,21)(H2,15,16,18,19,20). The number of hydrogen-bond donors (Lipinski definition) is 3. The summed E-state index contributed by atoms with van der Waals surface area (Å²) in [5.74, 6) is 2.10. The van der Waals surface area contributed by atoms with Gasteiger partial charge in [-0.1, -0.05) is 13.0 Å². The van der Waals surface area contributed by atoms with Crippen molar-refractivity contribution in [3.8, 4) is 0 Å². The fraction of sp³-hybridized carbons (Fsp3) is 0.286. The molecule has 1 amide bonds. The molecule has 0 unspecified atom stereocenters. The summed E-state index contributed by atoms with van der Waals surface area (Å²) in [7, 11) is 0. The first-order chi connectivity index (χ1) is 10.3. The van der Waals surface area contributed by atoms with E-state index in [1.165, 1.54) is 6.33 Å². The smallest absolute Gasteiger partial charge is 0.219 e. The SMILES string of the molecule is CCC(=O)NCCNc1cc(Nc2ccccn2)ncn1. The summed E-state index contributed by atoms with van der Waals surface area (Å²) in [6, 6.07) is 7.39. The predicted molar refractivity (Wildman–Crippen MR) is 81.3 cm³/mol. The van der Waals surface area contributed by atoms with E-state index in [4.69, 9.17) is 0 Å². The zero-order valence-electron chi connectivity index (χ0n) is 11.8. The fourth-order valence-corrected chi connectivity index (χ4v) is 1.61. The van der Waals surface area contributed by atoms with Crippen molar-refractivity contribution in [1.29, 1.82) is 0 Å². The Labute approximate surface area is 123 Å². The van der Waals surface area contributed by atoms with Gasteiger partial charge in [-0.15, -0.1) is 0 Å². The molecule has 0 aromatic carbocycles. The maximum Gasteiger partial charge on any atom is 0.219 e. The van der Waals surface area contributed by atoms with E-state index in [0.717, 1.165) is 5.82 Å². The third-order valence-corrected chi connectivity index (χ3v) is 2.66. The summed E-state index contributed by atoms with van der Waals surface area (Å²) in [5.41, 5.74) is 0. The van der Waals surface area contributed by atoms with Crippen LogP contribution in [0.2, 0.25) is 0 Å². The second-order valence-corrected chi connectivity index (χ2v) is 4.26. The van der Waals surface area contributed by atoms with Crippen LogP contribution in [-0.4, -0.2) is 33.9 Å². The van der Waals surface area contributed by atoms with Crippen LogP contribution in [-0.2, 0) is 4.79 Å². The summed E-state index contributed by atoms with van der Waals surface area (Å²) in [5, 5.41) is 9.00. The summed E-state index contributed by atoms with van der Waals surface area (Å²) < 4.78 is 0. The Morgan fingerprint density at radius 3 is 2.71 bits per heavy atom. The molecule has 2 aromatic heterocycles. The summed E-state index contributed by atoms with van der Waals surface area (Å²) in [6.07, 6.45) is 3.67. The van der Waals surface area contributed by atoms with E-state index < -0.39 is 0 Å². The van der Waals surface area contributed by atoms with Crippen LogP contribution in [0.3, 0.4) is 0 Å². The van der Waals surface area contributed by atoms with Crippen molar-refractivity contribution in [2.75, 3.05) is 23.7 Å². The Kier molecular flexibility index (Phi) is 5.45. The van der Waals surface area contributed by atoms with Gasteiger partial charge in [-0.25, -0.2) is 15.0 Å². The second-order valence-electron chi connectivity index (χ2n) is 4.26. The first kappa shape index (κ1) is 14.7. The van der Waals surface area contributed by atoms with Crippen molar-refractivity contribution in [2.45, 2.75) is 13.3 Å². The van der Waals surface area contributed by atoms with Gasteiger partial charge in [-0.05, 0) is 12.1 Å². The van der Waals surface area contributed by atoms with Crippen molar-refractivity contribution in [2.24, 2.45) is 0 Å². The summed E-state index contributed by atoms with van der Waals surface area (Å²) in [4.78, 5) is 23.5. The minimum atomic E-state index is 0.0389. The van der Waals surface area contributed by atoms with Crippen LogP contribution < -0.4 is 16.0 Å². The molecule has 0 aliphatic carbocycles. The number of nitrogens with zero attached hydrogens (tertiary/aromatic N) is 3. The first-order valence-electron chi connectivity index (χ1n) is 6.78. The van der Waals surface area contributed by atoms with Crippen molar-refractivity contribution < 1.29 is 4.79 Å². The van der Waals surface area contributed by atoms with Crippen LogP contribution in [0, 0.1) is 0 Å². The average molecular weight is 286 g/mol. The van der Waals surface area contributed by atoms with Gasteiger partial charge in [0, 0.05) is 31.8 Å². The quantitative estimate of drug-likeness (QED) is 0.669. The minimum Gasteiger partial charge on any atom is -0.368 e. The van der Waals surface area contributed by atoms with E-state index in [1.54, 1.807) is 12.3 Å². The van der Waals surface area contributed by atoms with Crippen molar-refractivity contribution >= 4 is 23.4 Å². The lowest BCUT2D eigenvalue weighted by atomic mass is 10.4. The molecule has 0 radical (unpaired) electrons. The number of carbonyl (C=O) groups is 1. The van der Waals surface area contributed by atoms with Gasteiger partial charge in [-0.2, -0.15) is 0 Å². The highest BCUT2D eigenvalue weighted by atomic mass is 16.1. The third kappa shape index (κ3) is 5.06. The number of aromatic nitrogens is 3. The number of hydrogen-bond acceptors (Lipinski definition) is 6. The number of nitrogens with one attached hydrogen (secondary N) is 3. The maximum atomic E-state index is 11.1. The number of rotatable bonds is 7. The maximum absolute atomic E-state index is 11.1. The van der Waals surface area contributed by atoms with E-state index in [0.29, 0.717) is 31.1 Å². The normalized spacial score (nSPS) is 9.95. The van der Waals surface area contributed by atoms with E-state index in [2.05, 4.69) is 30.9 Å². The van der Waals surface area contributed by atoms with Gasteiger partial charge < -0.3 is 16.0 Å². The number of pyridine rings is 1. The lowest BCUT2D eigenvalue weighted by Crippen LogP contribution is -2.28. The Balaban J connectivity index is 1.85. The molecule has 0 aliphatic rings. The summed E-state index contributed by atoms with van der Waals surface area (Å²) in [6.45, 7) is 2.98. The highest BCUT2D eigenvalue weighted by Crippen LogP contribution is 2.13. The molecule has 0 bridgehead atoms. The molecule has 0 atom stereocenters. The van der Waals surface area contributed by atoms with E-state index in [-0.39, 0.29) is 5.91 Å². The third-order valence-electron chi connectivity index (χ3n) is 2.66. The molecule has 0 saturated heterocycles. The molecule has 2 rings (SSSR count). The Bertz CT molecular complexity index is 575. The van der Waals surface area contributed by atoms with Gasteiger partial charge in [0.25, 0.3) is 0 Å². The van der Waals surface area contributed by atoms with Gasteiger partial charge in [0.1, 0.15) is 23.8 Å². The Morgan fingerprint density at radius 1 is 1.10 bits per heavy atom. The molecule has 0 saturated carbocycles. The van der Waals surface area contributed by atoms with Gasteiger partial charge in [0.15, 0.2) is 0 Å². The van der Waals surface area contributed by atoms with Gasteiger partial charge in [-0.3, -0.25) is 4.79 Å². The number of amides is 1. The second kappa shape index (κ2) is 7.78. The van der Waals surface area contributed by atoms with Crippen LogP contribution >= 0.6 is 0 Å². The van der Waals surface area contributed by atoms with Crippen LogP contribution in [0.25, 0.3) is 0 Å². The topological polar surface area (TPSA) is 91.8 Å². The molecule has 2 aromatic rings. The fourth-order valence-electron chi connectivity index (χ4n) is 1.61. The molecular weight excluding hydrogens is 268 g/mol. The molecule has 2 heterocycles. The number of anilines is 3. The zero-order chi connectivity index (χ0) is 14.9. The molecule has 0 spiro atoms. The largest absolute Gasteiger partial charge is 0.368 e. The zero-order valence-corrected chi connectivity index (χ0v) is 11.8. The predicted octanol–water partition coefficient (Wildman–Crippen LogP) is 1.55. The summed E-state index contributed by atoms with van der Waals surface area (Å²) >= 11 is 0. The molecule has 7 nitrogen and oxygen atoms in total. The van der Waals surface area contributed by atoms with Gasteiger partial charge in [0.2, 0.25) is 5.91 Å². The molecule has 3 N–H and O–H groups in total.